The van der Waals surface area contributed by atoms with Gasteiger partial charge in [-0.1, -0.05) is 36.4 Å². The molecule has 0 aliphatic carbocycles. The molecule has 0 amide bonds. The van der Waals surface area contributed by atoms with E-state index in [-0.39, 0.29) is 6.61 Å². The highest BCUT2D eigenvalue weighted by molar-refractivity contribution is 5.95. The number of benzene rings is 2. The van der Waals surface area contributed by atoms with E-state index < -0.39 is 5.97 Å². The number of hydrogen-bond donors (Lipinski definition) is 2. The molecule has 0 saturated heterocycles. The molecule has 0 aliphatic heterocycles. The highest BCUT2D eigenvalue weighted by atomic mass is 16.4. The van der Waals surface area contributed by atoms with Crippen LogP contribution in [0, 0.1) is 0 Å². The SMILES string of the molecule is O=C(O)/C=C/c1ccc(CO)c2ccccc12. The Hall–Kier alpha value is -2.13. The van der Waals surface area contributed by atoms with Gasteiger partial charge in [-0.25, -0.2) is 4.79 Å². The Morgan fingerprint density at radius 2 is 1.82 bits per heavy atom. The van der Waals surface area contributed by atoms with Crippen molar-refractivity contribution in [3.63, 3.8) is 0 Å². The van der Waals surface area contributed by atoms with Crippen LogP contribution in [-0.2, 0) is 11.4 Å². The van der Waals surface area contributed by atoms with Crippen LogP contribution in [0.2, 0.25) is 0 Å². The second kappa shape index (κ2) is 4.80. The molecule has 2 rings (SSSR count). The fourth-order valence-electron chi connectivity index (χ4n) is 1.83. The molecular formula is C14H12O3. The van der Waals surface area contributed by atoms with E-state index in [0.29, 0.717) is 0 Å². The number of aliphatic carboxylic acids is 1. The van der Waals surface area contributed by atoms with Crippen molar-refractivity contribution in [3.05, 3.63) is 53.6 Å². The summed E-state index contributed by atoms with van der Waals surface area (Å²) in [5, 5.41) is 19.7. The number of aliphatic hydroxyl groups excluding tert-OH is 1. The Labute approximate surface area is 98.6 Å². The highest BCUT2D eigenvalue weighted by Gasteiger charge is 2.03. The van der Waals surface area contributed by atoms with Crippen LogP contribution in [0.5, 0.6) is 0 Å². The zero-order valence-corrected chi connectivity index (χ0v) is 9.13. The van der Waals surface area contributed by atoms with Crippen LogP contribution >= 0.6 is 0 Å². The summed E-state index contributed by atoms with van der Waals surface area (Å²) in [5.74, 6) is -0.972. The molecule has 0 unspecified atom stereocenters. The molecular weight excluding hydrogens is 216 g/mol. The summed E-state index contributed by atoms with van der Waals surface area (Å²) < 4.78 is 0. The van der Waals surface area contributed by atoms with Crippen LogP contribution in [-0.4, -0.2) is 16.2 Å². The second-order valence-corrected chi connectivity index (χ2v) is 3.69. The van der Waals surface area contributed by atoms with E-state index in [9.17, 15) is 9.90 Å². The van der Waals surface area contributed by atoms with Crippen LogP contribution in [0.25, 0.3) is 16.8 Å². The van der Waals surface area contributed by atoms with E-state index in [1.54, 1.807) is 6.08 Å². The molecule has 0 aromatic heterocycles. The van der Waals surface area contributed by atoms with Gasteiger partial charge >= 0.3 is 5.97 Å². The van der Waals surface area contributed by atoms with Crippen molar-refractivity contribution in [2.45, 2.75) is 6.61 Å². The van der Waals surface area contributed by atoms with Crippen LogP contribution in [0.1, 0.15) is 11.1 Å². The lowest BCUT2D eigenvalue weighted by Gasteiger charge is -2.06. The summed E-state index contributed by atoms with van der Waals surface area (Å²) in [6, 6.07) is 11.2. The maximum atomic E-state index is 10.5. The van der Waals surface area contributed by atoms with Crippen molar-refractivity contribution in [3.8, 4) is 0 Å². The Balaban J connectivity index is 2.62. The predicted molar refractivity (Wildman–Crippen MR) is 66.5 cm³/mol. The second-order valence-electron chi connectivity index (χ2n) is 3.69. The first-order valence-electron chi connectivity index (χ1n) is 5.25. The molecule has 2 aromatic carbocycles. The number of carbonyl (C=O) groups is 1. The summed E-state index contributed by atoms with van der Waals surface area (Å²) in [6.45, 7) is -0.0244. The van der Waals surface area contributed by atoms with Crippen LogP contribution < -0.4 is 0 Å². The van der Waals surface area contributed by atoms with Crippen LogP contribution in [0.3, 0.4) is 0 Å². The Kier molecular flexibility index (Phi) is 3.21. The van der Waals surface area contributed by atoms with Crippen LogP contribution in [0.4, 0.5) is 0 Å². The topological polar surface area (TPSA) is 57.5 Å². The van der Waals surface area contributed by atoms with Gasteiger partial charge in [-0.3, -0.25) is 0 Å². The van der Waals surface area contributed by atoms with E-state index in [1.165, 1.54) is 0 Å². The first kappa shape index (κ1) is 11.4. The van der Waals surface area contributed by atoms with Crippen molar-refractivity contribution in [1.29, 1.82) is 0 Å². The maximum absolute atomic E-state index is 10.5. The lowest BCUT2D eigenvalue weighted by molar-refractivity contribution is -0.131. The van der Waals surface area contributed by atoms with Crippen molar-refractivity contribution in [1.82, 2.24) is 0 Å². The van der Waals surface area contributed by atoms with E-state index in [4.69, 9.17) is 5.11 Å². The molecule has 3 nitrogen and oxygen atoms in total. The molecule has 0 heterocycles. The van der Waals surface area contributed by atoms with Gasteiger partial charge in [-0.2, -0.15) is 0 Å². The molecule has 2 N–H and O–H groups in total. The van der Waals surface area contributed by atoms with E-state index in [1.807, 2.05) is 36.4 Å². The summed E-state index contributed by atoms with van der Waals surface area (Å²) in [7, 11) is 0. The molecule has 0 radical (unpaired) electrons. The van der Waals surface area contributed by atoms with Gasteiger partial charge in [0.2, 0.25) is 0 Å². The molecule has 0 atom stereocenters. The molecule has 17 heavy (non-hydrogen) atoms. The van der Waals surface area contributed by atoms with Crippen LogP contribution in [0.15, 0.2) is 42.5 Å². The Morgan fingerprint density at radius 1 is 1.12 bits per heavy atom. The summed E-state index contributed by atoms with van der Waals surface area (Å²) in [4.78, 5) is 10.5. The van der Waals surface area contributed by atoms with Gasteiger partial charge in [-0.15, -0.1) is 0 Å². The Morgan fingerprint density at radius 3 is 2.47 bits per heavy atom. The third kappa shape index (κ3) is 2.34. The minimum atomic E-state index is -0.972. The minimum absolute atomic E-state index is 0.0244. The molecule has 0 fully saturated rings. The van der Waals surface area contributed by atoms with Crippen molar-refractivity contribution in [2.24, 2.45) is 0 Å². The monoisotopic (exact) mass is 228 g/mol. The molecule has 3 heteroatoms. The zero-order chi connectivity index (χ0) is 12.3. The minimum Gasteiger partial charge on any atom is -0.478 e. The molecule has 0 saturated carbocycles. The molecule has 0 aliphatic rings. The molecule has 86 valence electrons. The first-order valence-corrected chi connectivity index (χ1v) is 5.25. The van der Waals surface area contributed by atoms with Gasteiger partial charge in [0, 0.05) is 6.08 Å². The molecule has 0 spiro atoms. The van der Waals surface area contributed by atoms with Gasteiger partial charge in [0.25, 0.3) is 0 Å². The van der Waals surface area contributed by atoms with Gasteiger partial charge in [0.1, 0.15) is 0 Å². The summed E-state index contributed by atoms with van der Waals surface area (Å²) in [6.07, 6.45) is 2.67. The largest absolute Gasteiger partial charge is 0.478 e. The highest BCUT2D eigenvalue weighted by Crippen LogP contribution is 2.23. The molecule has 2 aromatic rings. The number of rotatable bonds is 3. The van der Waals surface area contributed by atoms with Gasteiger partial charge in [-0.05, 0) is 28.0 Å². The van der Waals surface area contributed by atoms with Gasteiger partial charge < -0.3 is 10.2 Å². The average Bonchev–Trinajstić information content (AvgIpc) is 2.35. The number of carboxylic acid groups (broad SMARTS) is 1. The standard InChI is InChI=1S/C14H12O3/c15-9-11-6-5-10(7-8-14(16)17)12-3-1-2-4-13(11)12/h1-8,15H,9H2,(H,16,17)/b8-7+. The lowest BCUT2D eigenvalue weighted by Crippen LogP contribution is -1.89. The number of aliphatic hydroxyl groups is 1. The van der Waals surface area contributed by atoms with E-state index in [2.05, 4.69) is 0 Å². The maximum Gasteiger partial charge on any atom is 0.328 e. The average molecular weight is 228 g/mol. The number of carboxylic acids is 1. The third-order valence-corrected chi connectivity index (χ3v) is 2.62. The molecule has 0 bridgehead atoms. The lowest BCUT2D eigenvalue weighted by atomic mass is 9.99. The van der Waals surface area contributed by atoms with E-state index >= 15 is 0 Å². The zero-order valence-electron chi connectivity index (χ0n) is 9.13. The summed E-state index contributed by atoms with van der Waals surface area (Å²) >= 11 is 0. The Bertz CT molecular complexity index is 585. The number of hydrogen-bond acceptors (Lipinski definition) is 2. The van der Waals surface area contributed by atoms with E-state index in [0.717, 1.165) is 28.0 Å². The normalized spacial score (nSPS) is 11.1. The quantitative estimate of drug-likeness (QED) is 0.793. The fourth-order valence-corrected chi connectivity index (χ4v) is 1.83. The third-order valence-electron chi connectivity index (χ3n) is 2.62. The van der Waals surface area contributed by atoms with Crippen molar-refractivity contribution >= 4 is 22.8 Å². The smallest absolute Gasteiger partial charge is 0.328 e. The number of fused-ring (bicyclic) bond motifs is 1. The van der Waals surface area contributed by atoms with Crippen molar-refractivity contribution in [2.75, 3.05) is 0 Å². The van der Waals surface area contributed by atoms with Gasteiger partial charge in [0.15, 0.2) is 0 Å². The first-order chi connectivity index (χ1) is 8.22. The fraction of sp³-hybridized carbons (Fsp3) is 0.0714. The predicted octanol–water partition coefficient (Wildman–Crippen LogP) is 2.43. The van der Waals surface area contributed by atoms with Crippen molar-refractivity contribution < 1.29 is 15.0 Å². The van der Waals surface area contributed by atoms with Gasteiger partial charge in [0.05, 0.1) is 6.61 Å². The summed E-state index contributed by atoms with van der Waals surface area (Å²) in [5.41, 5.74) is 1.67.